The van der Waals surface area contributed by atoms with Crippen molar-refractivity contribution in [2.75, 3.05) is 0 Å². The molecular weight excluding hydrogens is 220 g/mol. The SMILES string of the molecule is CCCCc1cnn(C(C)C)c1-c1ccccc1. The highest BCUT2D eigenvalue weighted by atomic mass is 15.3. The Bertz CT molecular complexity index is 483. The van der Waals surface area contributed by atoms with Crippen LogP contribution in [0.4, 0.5) is 0 Å². The van der Waals surface area contributed by atoms with Crippen molar-refractivity contribution in [1.82, 2.24) is 9.78 Å². The third-order valence-corrected chi connectivity index (χ3v) is 3.21. The minimum absolute atomic E-state index is 0.399. The minimum Gasteiger partial charge on any atom is -0.262 e. The summed E-state index contributed by atoms with van der Waals surface area (Å²) in [6.07, 6.45) is 5.61. The summed E-state index contributed by atoms with van der Waals surface area (Å²) in [7, 11) is 0. The van der Waals surface area contributed by atoms with Gasteiger partial charge in [-0.1, -0.05) is 43.7 Å². The summed E-state index contributed by atoms with van der Waals surface area (Å²) in [6, 6.07) is 11.0. The Morgan fingerprint density at radius 2 is 1.89 bits per heavy atom. The second-order valence-corrected chi connectivity index (χ2v) is 5.03. The topological polar surface area (TPSA) is 17.8 Å². The molecule has 1 aromatic heterocycles. The van der Waals surface area contributed by atoms with E-state index in [2.05, 4.69) is 60.9 Å². The van der Waals surface area contributed by atoms with Crippen LogP contribution >= 0.6 is 0 Å². The smallest absolute Gasteiger partial charge is 0.0717 e. The van der Waals surface area contributed by atoms with Crippen molar-refractivity contribution in [2.24, 2.45) is 0 Å². The maximum Gasteiger partial charge on any atom is 0.0717 e. The molecule has 0 amide bonds. The molecular formula is C16H22N2. The Morgan fingerprint density at radius 1 is 1.17 bits per heavy atom. The van der Waals surface area contributed by atoms with Crippen LogP contribution in [0.25, 0.3) is 11.3 Å². The largest absolute Gasteiger partial charge is 0.262 e. The van der Waals surface area contributed by atoms with Gasteiger partial charge in [-0.05, 0) is 32.3 Å². The van der Waals surface area contributed by atoms with E-state index < -0.39 is 0 Å². The van der Waals surface area contributed by atoms with Crippen molar-refractivity contribution in [3.05, 3.63) is 42.1 Å². The number of aromatic nitrogens is 2. The summed E-state index contributed by atoms with van der Waals surface area (Å²) in [4.78, 5) is 0. The lowest BCUT2D eigenvalue weighted by Gasteiger charge is -2.13. The van der Waals surface area contributed by atoms with E-state index in [1.165, 1.54) is 29.7 Å². The molecule has 0 aliphatic carbocycles. The molecule has 2 nitrogen and oxygen atoms in total. The Kier molecular flexibility index (Phi) is 4.19. The molecule has 0 radical (unpaired) electrons. The summed E-state index contributed by atoms with van der Waals surface area (Å²) in [6.45, 7) is 6.60. The van der Waals surface area contributed by atoms with Crippen LogP contribution in [0.2, 0.25) is 0 Å². The average Bonchev–Trinajstić information content (AvgIpc) is 2.81. The molecule has 0 aliphatic heterocycles. The molecule has 2 rings (SSSR count). The molecule has 0 aliphatic rings. The van der Waals surface area contributed by atoms with Crippen LogP contribution in [0.3, 0.4) is 0 Å². The van der Waals surface area contributed by atoms with Crippen LogP contribution in [0.1, 0.15) is 45.2 Å². The Hall–Kier alpha value is -1.57. The highest BCUT2D eigenvalue weighted by Crippen LogP contribution is 2.27. The number of unbranched alkanes of at least 4 members (excludes halogenated alkanes) is 1. The van der Waals surface area contributed by atoms with Crippen molar-refractivity contribution in [3.8, 4) is 11.3 Å². The maximum atomic E-state index is 4.56. The van der Waals surface area contributed by atoms with E-state index in [1.807, 2.05) is 6.20 Å². The van der Waals surface area contributed by atoms with Gasteiger partial charge in [0.2, 0.25) is 0 Å². The van der Waals surface area contributed by atoms with Crippen molar-refractivity contribution in [1.29, 1.82) is 0 Å². The molecule has 0 bridgehead atoms. The van der Waals surface area contributed by atoms with Gasteiger partial charge in [-0.15, -0.1) is 0 Å². The lowest BCUT2D eigenvalue weighted by Crippen LogP contribution is -2.05. The van der Waals surface area contributed by atoms with E-state index in [9.17, 15) is 0 Å². The lowest BCUT2D eigenvalue weighted by atomic mass is 10.0. The predicted molar refractivity (Wildman–Crippen MR) is 76.7 cm³/mol. The fourth-order valence-corrected chi connectivity index (χ4v) is 2.25. The zero-order valence-corrected chi connectivity index (χ0v) is 11.6. The van der Waals surface area contributed by atoms with Gasteiger partial charge in [0.1, 0.15) is 0 Å². The highest BCUT2D eigenvalue weighted by Gasteiger charge is 2.14. The number of benzene rings is 1. The molecule has 18 heavy (non-hydrogen) atoms. The molecule has 2 heteroatoms. The van der Waals surface area contributed by atoms with Gasteiger partial charge < -0.3 is 0 Å². The second-order valence-electron chi connectivity index (χ2n) is 5.03. The molecule has 0 N–H and O–H groups in total. The van der Waals surface area contributed by atoms with Crippen molar-refractivity contribution in [2.45, 2.75) is 46.1 Å². The number of aryl methyl sites for hydroxylation is 1. The van der Waals surface area contributed by atoms with Gasteiger partial charge in [-0.3, -0.25) is 4.68 Å². The van der Waals surface area contributed by atoms with Gasteiger partial charge in [-0.2, -0.15) is 5.10 Å². The van der Waals surface area contributed by atoms with E-state index in [0.717, 1.165) is 6.42 Å². The quantitative estimate of drug-likeness (QED) is 0.756. The molecule has 96 valence electrons. The Morgan fingerprint density at radius 3 is 2.50 bits per heavy atom. The molecule has 0 unspecified atom stereocenters. The Balaban J connectivity index is 2.44. The van der Waals surface area contributed by atoms with Crippen molar-refractivity contribution >= 4 is 0 Å². The van der Waals surface area contributed by atoms with Crippen LogP contribution in [0, 0.1) is 0 Å². The van der Waals surface area contributed by atoms with Gasteiger partial charge in [0.25, 0.3) is 0 Å². The van der Waals surface area contributed by atoms with Gasteiger partial charge in [-0.25, -0.2) is 0 Å². The van der Waals surface area contributed by atoms with Crippen LogP contribution in [0.15, 0.2) is 36.5 Å². The molecule has 0 saturated heterocycles. The fraction of sp³-hybridized carbons (Fsp3) is 0.438. The first kappa shape index (κ1) is 12.9. The number of rotatable bonds is 5. The zero-order chi connectivity index (χ0) is 13.0. The molecule has 0 spiro atoms. The van der Waals surface area contributed by atoms with E-state index in [4.69, 9.17) is 0 Å². The molecule has 0 atom stereocenters. The molecule has 2 aromatic rings. The van der Waals surface area contributed by atoms with Gasteiger partial charge in [0.15, 0.2) is 0 Å². The lowest BCUT2D eigenvalue weighted by molar-refractivity contribution is 0.538. The predicted octanol–water partition coefficient (Wildman–Crippen LogP) is 4.47. The summed E-state index contributed by atoms with van der Waals surface area (Å²) >= 11 is 0. The second kappa shape index (κ2) is 5.85. The summed E-state index contributed by atoms with van der Waals surface area (Å²) in [5, 5.41) is 4.56. The van der Waals surface area contributed by atoms with Crippen LogP contribution in [0.5, 0.6) is 0 Å². The van der Waals surface area contributed by atoms with E-state index in [1.54, 1.807) is 0 Å². The first-order chi connectivity index (χ1) is 8.74. The summed E-state index contributed by atoms with van der Waals surface area (Å²) in [5.74, 6) is 0. The molecule has 0 saturated carbocycles. The monoisotopic (exact) mass is 242 g/mol. The standard InChI is InChI=1S/C16H22N2/c1-4-5-9-15-12-17-18(13(2)3)16(15)14-10-7-6-8-11-14/h6-8,10-13H,4-5,9H2,1-3H3. The molecule has 1 heterocycles. The molecule has 0 fully saturated rings. The fourth-order valence-electron chi connectivity index (χ4n) is 2.25. The third kappa shape index (κ3) is 2.63. The first-order valence-corrected chi connectivity index (χ1v) is 6.85. The van der Waals surface area contributed by atoms with E-state index in [-0.39, 0.29) is 0 Å². The number of hydrogen-bond donors (Lipinski definition) is 0. The normalized spacial score (nSPS) is 11.1. The van der Waals surface area contributed by atoms with Crippen LogP contribution < -0.4 is 0 Å². The van der Waals surface area contributed by atoms with E-state index in [0.29, 0.717) is 6.04 Å². The number of hydrogen-bond acceptors (Lipinski definition) is 1. The number of nitrogens with zero attached hydrogens (tertiary/aromatic N) is 2. The van der Waals surface area contributed by atoms with E-state index >= 15 is 0 Å². The summed E-state index contributed by atoms with van der Waals surface area (Å²) < 4.78 is 2.14. The summed E-state index contributed by atoms with van der Waals surface area (Å²) in [5.41, 5.74) is 3.94. The van der Waals surface area contributed by atoms with Gasteiger partial charge in [0.05, 0.1) is 11.9 Å². The van der Waals surface area contributed by atoms with Crippen LogP contribution in [-0.4, -0.2) is 9.78 Å². The highest BCUT2D eigenvalue weighted by molar-refractivity contribution is 5.63. The van der Waals surface area contributed by atoms with Gasteiger partial charge in [0, 0.05) is 11.6 Å². The molecule has 1 aromatic carbocycles. The first-order valence-electron chi connectivity index (χ1n) is 6.85. The van der Waals surface area contributed by atoms with Gasteiger partial charge >= 0.3 is 0 Å². The van der Waals surface area contributed by atoms with Crippen molar-refractivity contribution < 1.29 is 0 Å². The van der Waals surface area contributed by atoms with Crippen molar-refractivity contribution in [3.63, 3.8) is 0 Å². The third-order valence-electron chi connectivity index (χ3n) is 3.21. The minimum atomic E-state index is 0.399. The zero-order valence-electron chi connectivity index (χ0n) is 11.6. The average molecular weight is 242 g/mol. The van der Waals surface area contributed by atoms with Crippen LogP contribution in [-0.2, 0) is 6.42 Å². The Labute approximate surface area is 110 Å². The maximum absolute atomic E-state index is 4.56.